The van der Waals surface area contributed by atoms with Gasteiger partial charge in [0.05, 0.1) is 4.90 Å². The monoisotopic (exact) mass is 241 g/mol. The van der Waals surface area contributed by atoms with Crippen LogP contribution in [0.2, 0.25) is 0 Å². The molecule has 0 heterocycles. The predicted molar refractivity (Wildman–Crippen MR) is 67.5 cm³/mol. The van der Waals surface area contributed by atoms with E-state index in [9.17, 15) is 8.42 Å². The predicted octanol–water partition coefficient (Wildman–Crippen LogP) is 2.55. The van der Waals surface area contributed by atoms with E-state index < -0.39 is 9.84 Å². The van der Waals surface area contributed by atoms with Crippen LogP contribution in [0.3, 0.4) is 0 Å². The first-order valence-corrected chi connectivity index (χ1v) is 7.26. The van der Waals surface area contributed by atoms with Gasteiger partial charge < -0.3 is 5.32 Å². The van der Waals surface area contributed by atoms with Crippen molar-refractivity contribution in [1.82, 2.24) is 0 Å². The lowest BCUT2D eigenvalue weighted by atomic mass is 10.1. The second kappa shape index (κ2) is 4.87. The SMILES string of the molecule is CC(C)C(C)Nc1ccc(S(C)(=O)=O)cc1. The number of anilines is 1. The molecule has 0 aliphatic carbocycles. The van der Waals surface area contributed by atoms with E-state index in [2.05, 4.69) is 26.1 Å². The molecule has 0 aliphatic heterocycles. The summed E-state index contributed by atoms with van der Waals surface area (Å²) < 4.78 is 22.5. The van der Waals surface area contributed by atoms with Gasteiger partial charge in [-0.05, 0) is 37.1 Å². The molecule has 0 amide bonds. The average molecular weight is 241 g/mol. The number of hydrogen-bond acceptors (Lipinski definition) is 3. The van der Waals surface area contributed by atoms with Gasteiger partial charge >= 0.3 is 0 Å². The quantitative estimate of drug-likeness (QED) is 0.881. The number of nitrogens with one attached hydrogen (secondary N) is 1. The lowest BCUT2D eigenvalue weighted by molar-refractivity contribution is 0.560. The maximum Gasteiger partial charge on any atom is 0.175 e. The lowest BCUT2D eigenvalue weighted by Gasteiger charge is -2.18. The molecule has 0 saturated carbocycles. The van der Waals surface area contributed by atoms with Crippen molar-refractivity contribution >= 4 is 15.5 Å². The molecule has 4 heteroatoms. The van der Waals surface area contributed by atoms with E-state index in [1.807, 2.05) is 0 Å². The molecule has 0 radical (unpaired) electrons. The molecule has 0 aliphatic rings. The third kappa shape index (κ3) is 3.52. The Morgan fingerprint density at radius 3 is 1.94 bits per heavy atom. The molecule has 0 aromatic heterocycles. The van der Waals surface area contributed by atoms with Crippen molar-refractivity contribution in [2.24, 2.45) is 5.92 Å². The Morgan fingerprint density at radius 2 is 1.56 bits per heavy atom. The second-order valence-corrected chi connectivity index (χ2v) is 6.49. The highest BCUT2D eigenvalue weighted by atomic mass is 32.2. The third-order valence-electron chi connectivity index (χ3n) is 2.68. The molecule has 0 saturated heterocycles. The lowest BCUT2D eigenvalue weighted by Crippen LogP contribution is -2.21. The highest BCUT2D eigenvalue weighted by Crippen LogP contribution is 2.16. The second-order valence-electron chi connectivity index (χ2n) is 4.47. The molecule has 1 aromatic carbocycles. The van der Waals surface area contributed by atoms with Gasteiger partial charge in [-0.25, -0.2) is 8.42 Å². The van der Waals surface area contributed by atoms with Gasteiger partial charge in [-0.1, -0.05) is 13.8 Å². The Labute approximate surface area is 97.8 Å². The van der Waals surface area contributed by atoms with Crippen molar-refractivity contribution in [3.8, 4) is 0 Å². The Kier molecular flexibility index (Phi) is 3.97. The van der Waals surface area contributed by atoms with E-state index in [-0.39, 0.29) is 0 Å². The van der Waals surface area contributed by atoms with Crippen molar-refractivity contribution in [2.75, 3.05) is 11.6 Å². The summed E-state index contributed by atoms with van der Waals surface area (Å²) >= 11 is 0. The van der Waals surface area contributed by atoms with Crippen LogP contribution in [0.25, 0.3) is 0 Å². The molecule has 0 spiro atoms. The molecular weight excluding hydrogens is 222 g/mol. The van der Waals surface area contributed by atoms with E-state index in [0.29, 0.717) is 16.9 Å². The molecule has 1 atom stereocenters. The van der Waals surface area contributed by atoms with Gasteiger partial charge in [0.15, 0.2) is 9.84 Å². The van der Waals surface area contributed by atoms with Gasteiger partial charge in [-0.2, -0.15) is 0 Å². The Bertz CT molecular complexity index is 435. The molecular formula is C12H19NO2S. The number of sulfone groups is 1. The molecule has 16 heavy (non-hydrogen) atoms. The number of rotatable bonds is 4. The largest absolute Gasteiger partial charge is 0.382 e. The molecule has 90 valence electrons. The number of benzene rings is 1. The molecule has 1 N–H and O–H groups in total. The van der Waals surface area contributed by atoms with Gasteiger partial charge in [0.1, 0.15) is 0 Å². The molecule has 1 unspecified atom stereocenters. The molecule has 0 bridgehead atoms. The fourth-order valence-electron chi connectivity index (χ4n) is 1.23. The fourth-order valence-corrected chi connectivity index (χ4v) is 1.86. The zero-order valence-corrected chi connectivity index (χ0v) is 11.0. The van der Waals surface area contributed by atoms with Crippen molar-refractivity contribution in [3.05, 3.63) is 24.3 Å². The normalized spacial score (nSPS) is 13.8. The van der Waals surface area contributed by atoms with Crippen LogP contribution in [0, 0.1) is 5.92 Å². The average Bonchev–Trinajstić information content (AvgIpc) is 2.17. The van der Waals surface area contributed by atoms with Crippen LogP contribution in [-0.4, -0.2) is 20.7 Å². The van der Waals surface area contributed by atoms with E-state index in [4.69, 9.17) is 0 Å². The van der Waals surface area contributed by atoms with Crippen molar-refractivity contribution < 1.29 is 8.42 Å². The maximum absolute atomic E-state index is 11.3. The zero-order chi connectivity index (χ0) is 12.3. The first kappa shape index (κ1) is 13.0. The highest BCUT2D eigenvalue weighted by Gasteiger charge is 2.08. The van der Waals surface area contributed by atoms with Crippen molar-refractivity contribution in [2.45, 2.75) is 31.7 Å². The summed E-state index contributed by atoms with van der Waals surface area (Å²) in [6.07, 6.45) is 1.21. The van der Waals surface area contributed by atoms with Crippen LogP contribution in [0.1, 0.15) is 20.8 Å². The molecule has 1 rings (SSSR count). The Hall–Kier alpha value is -1.03. The minimum Gasteiger partial charge on any atom is -0.382 e. The standard InChI is InChI=1S/C12H19NO2S/c1-9(2)10(3)13-11-5-7-12(8-6-11)16(4,14)15/h5-10,13H,1-4H3. The van der Waals surface area contributed by atoms with Crippen LogP contribution < -0.4 is 5.32 Å². The highest BCUT2D eigenvalue weighted by molar-refractivity contribution is 7.90. The first-order valence-electron chi connectivity index (χ1n) is 5.37. The summed E-state index contributed by atoms with van der Waals surface area (Å²) in [4.78, 5) is 0.357. The van der Waals surface area contributed by atoms with Crippen LogP contribution in [0.15, 0.2) is 29.2 Å². The van der Waals surface area contributed by atoms with Crippen LogP contribution in [0.4, 0.5) is 5.69 Å². The summed E-state index contributed by atoms with van der Waals surface area (Å²) in [6, 6.07) is 7.23. The Balaban J connectivity index is 2.80. The van der Waals surface area contributed by atoms with E-state index in [0.717, 1.165) is 5.69 Å². The van der Waals surface area contributed by atoms with Crippen molar-refractivity contribution in [3.63, 3.8) is 0 Å². The fraction of sp³-hybridized carbons (Fsp3) is 0.500. The van der Waals surface area contributed by atoms with Crippen LogP contribution >= 0.6 is 0 Å². The van der Waals surface area contributed by atoms with Gasteiger partial charge in [0.2, 0.25) is 0 Å². The summed E-state index contributed by atoms with van der Waals surface area (Å²) in [6.45, 7) is 6.39. The molecule has 1 aromatic rings. The van der Waals surface area contributed by atoms with E-state index >= 15 is 0 Å². The van der Waals surface area contributed by atoms with E-state index in [1.54, 1.807) is 24.3 Å². The molecule has 0 fully saturated rings. The minimum atomic E-state index is -3.09. The summed E-state index contributed by atoms with van der Waals surface area (Å²) in [5.74, 6) is 0.537. The van der Waals surface area contributed by atoms with Crippen molar-refractivity contribution in [1.29, 1.82) is 0 Å². The Morgan fingerprint density at radius 1 is 1.06 bits per heavy atom. The van der Waals surface area contributed by atoms with E-state index in [1.165, 1.54) is 6.26 Å². The molecule has 3 nitrogen and oxygen atoms in total. The third-order valence-corrected chi connectivity index (χ3v) is 3.81. The van der Waals surface area contributed by atoms with Crippen LogP contribution in [-0.2, 0) is 9.84 Å². The zero-order valence-electron chi connectivity index (χ0n) is 10.2. The topological polar surface area (TPSA) is 46.2 Å². The minimum absolute atomic E-state index is 0.357. The number of hydrogen-bond donors (Lipinski definition) is 1. The smallest absolute Gasteiger partial charge is 0.175 e. The van der Waals surface area contributed by atoms with Gasteiger partial charge in [-0.3, -0.25) is 0 Å². The summed E-state index contributed by atoms with van der Waals surface area (Å²) in [5, 5.41) is 3.33. The van der Waals surface area contributed by atoms with Gasteiger partial charge in [0, 0.05) is 18.0 Å². The summed E-state index contributed by atoms with van der Waals surface area (Å²) in [7, 11) is -3.09. The van der Waals surface area contributed by atoms with Gasteiger partial charge in [0.25, 0.3) is 0 Å². The first-order chi connectivity index (χ1) is 7.30. The summed E-state index contributed by atoms with van der Waals surface area (Å²) in [5.41, 5.74) is 0.952. The maximum atomic E-state index is 11.3. The van der Waals surface area contributed by atoms with Crippen LogP contribution in [0.5, 0.6) is 0 Å². The van der Waals surface area contributed by atoms with Gasteiger partial charge in [-0.15, -0.1) is 0 Å².